The average molecular weight is 396 g/mol. The number of aryl methyl sites for hydroxylation is 1. The molecule has 2 aromatic heterocycles. The van der Waals surface area contributed by atoms with Crippen LogP contribution in [0.25, 0.3) is 22.3 Å². The van der Waals surface area contributed by atoms with Gasteiger partial charge in [0.2, 0.25) is 0 Å². The third-order valence-electron chi connectivity index (χ3n) is 6.00. The second-order valence-corrected chi connectivity index (χ2v) is 7.92. The number of benzene rings is 2. The lowest BCUT2D eigenvalue weighted by atomic mass is 9.92. The lowest BCUT2D eigenvalue weighted by molar-refractivity contribution is 0.0712. The molecule has 0 N–H and O–H groups in total. The van der Waals surface area contributed by atoms with Crippen molar-refractivity contribution in [1.29, 1.82) is 0 Å². The Kier molecular flexibility index (Phi) is 4.79. The molecule has 1 fully saturated rings. The first kappa shape index (κ1) is 18.6. The van der Waals surface area contributed by atoms with Gasteiger partial charge in [-0.25, -0.2) is 4.98 Å². The van der Waals surface area contributed by atoms with Crippen molar-refractivity contribution in [3.8, 4) is 11.3 Å². The highest BCUT2D eigenvalue weighted by atomic mass is 16.2. The summed E-state index contributed by atoms with van der Waals surface area (Å²) in [6.45, 7) is 1.51. The predicted molar refractivity (Wildman–Crippen MR) is 118 cm³/mol. The van der Waals surface area contributed by atoms with Crippen molar-refractivity contribution in [3.63, 3.8) is 0 Å². The fourth-order valence-corrected chi connectivity index (χ4v) is 4.29. The zero-order valence-corrected chi connectivity index (χ0v) is 17.0. The van der Waals surface area contributed by atoms with Crippen LogP contribution in [0.4, 0.5) is 0 Å². The molecule has 0 radical (unpaired) electrons. The molecule has 2 aromatic carbocycles. The molecule has 3 heterocycles. The summed E-state index contributed by atoms with van der Waals surface area (Å²) >= 11 is 0. The Hall–Kier alpha value is -3.47. The summed E-state index contributed by atoms with van der Waals surface area (Å²) in [4.78, 5) is 24.4. The number of hydrogen-bond donors (Lipinski definition) is 0. The van der Waals surface area contributed by atoms with Crippen molar-refractivity contribution in [3.05, 3.63) is 84.3 Å². The molecular weight excluding hydrogens is 372 g/mol. The molecule has 5 nitrogen and oxygen atoms in total. The normalized spacial score (nSPS) is 14.9. The van der Waals surface area contributed by atoms with Crippen LogP contribution in [-0.4, -0.2) is 38.4 Å². The van der Waals surface area contributed by atoms with Gasteiger partial charge < -0.3 is 9.47 Å². The van der Waals surface area contributed by atoms with Crippen LogP contribution in [0.1, 0.15) is 34.8 Å². The zero-order chi connectivity index (χ0) is 20.5. The van der Waals surface area contributed by atoms with Crippen LogP contribution in [0.3, 0.4) is 0 Å². The number of hydrogen-bond acceptors (Lipinski definition) is 3. The Labute approximate surface area is 176 Å². The Bertz CT molecular complexity index is 1180. The maximum Gasteiger partial charge on any atom is 0.253 e. The molecule has 0 bridgehead atoms. The van der Waals surface area contributed by atoms with Crippen molar-refractivity contribution in [1.82, 2.24) is 19.4 Å². The van der Waals surface area contributed by atoms with Gasteiger partial charge in [0.1, 0.15) is 5.52 Å². The van der Waals surface area contributed by atoms with E-state index in [0.717, 1.165) is 59.5 Å². The second-order valence-electron chi connectivity index (χ2n) is 7.92. The van der Waals surface area contributed by atoms with Crippen LogP contribution in [0.5, 0.6) is 0 Å². The van der Waals surface area contributed by atoms with E-state index in [1.807, 2.05) is 66.8 Å². The summed E-state index contributed by atoms with van der Waals surface area (Å²) in [5, 5.41) is 0. The molecule has 0 aliphatic carbocycles. The largest absolute Gasteiger partial charge is 0.339 e. The van der Waals surface area contributed by atoms with E-state index in [-0.39, 0.29) is 5.91 Å². The molecule has 0 spiro atoms. The minimum atomic E-state index is 0.120. The monoisotopic (exact) mass is 396 g/mol. The average Bonchev–Trinajstić information content (AvgIpc) is 3.20. The summed E-state index contributed by atoms with van der Waals surface area (Å²) in [6, 6.07) is 22.0. The summed E-state index contributed by atoms with van der Waals surface area (Å²) < 4.78 is 2.06. The van der Waals surface area contributed by atoms with Gasteiger partial charge in [0.15, 0.2) is 0 Å². The number of aromatic nitrogens is 3. The van der Waals surface area contributed by atoms with E-state index in [0.29, 0.717) is 5.92 Å². The lowest BCUT2D eigenvalue weighted by Crippen LogP contribution is -2.38. The van der Waals surface area contributed by atoms with E-state index < -0.39 is 0 Å². The van der Waals surface area contributed by atoms with Crippen molar-refractivity contribution >= 4 is 16.9 Å². The van der Waals surface area contributed by atoms with Gasteiger partial charge in [0.05, 0.1) is 17.5 Å². The molecule has 5 rings (SSSR count). The van der Waals surface area contributed by atoms with Gasteiger partial charge >= 0.3 is 0 Å². The molecule has 4 aromatic rings. The van der Waals surface area contributed by atoms with Crippen molar-refractivity contribution < 1.29 is 4.79 Å². The Balaban J connectivity index is 1.42. The van der Waals surface area contributed by atoms with Gasteiger partial charge in [0, 0.05) is 42.9 Å². The van der Waals surface area contributed by atoms with Crippen LogP contribution >= 0.6 is 0 Å². The standard InChI is InChI=1S/C25H24N4O/c1-28-17-26-24-22(28)16-21(27-23(24)19-8-4-2-5-9-19)18-12-14-29(15-13-18)25(30)20-10-6-3-7-11-20/h2-11,16-18H,12-15H2,1H3. The molecule has 0 unspecified atom stereocenters. The van der Waals surface area contributed by atoms with Crippen LogP contribution < -0.4 is 0 Å². The van der Waals surface area contributed by atoms with E-state index in [9.17, 15) is 4.79 Å². The van der Waals surface area contributed by atoms with Crippen molar-refractivity contribution in [2.45, 2.75) is 18.8 Å². The van der Waals surface area contributed by atoms with E-state index in [1.54, 1.807) is 0 Å². The Morgan fingerprint density at radius 2 is 1.63 bits per heavy atom. The lowest BCUT2D eigenvalue weighted by Gasteiger charge is -2.32. The van der Waals surface area contributed by atoms with Crippen LogP contribution in [0, 0.1) is 0 Å². The maximum atomic E-state index is 12.8. The number of carbonyl (C=O) groups is 1. The van der Waals surface area contributed by atoms with E-state index >= 15 is 0 Å². The van der Waals surface area contributed by atoms with Gasteiger partial charge in [-0.2, -0.15) is 0 Å². The summed E-state index contributed by atoms with van der Waals surface area (Å²) in [7, 11) is 2.02. The first-order chi connectivity index (χ1) is 14.7. The molecule has 1 aliphatic heterocycles. The number of amides is 1. The fraction of sp³-hybridized carbons (Fsp3) is 0.240. The van der Waals surface area contributed by atoms with Gasteiger partial charge in [-0.15, -0.1) is 0 Å². The number of imidazole rings is 1. The first-order valence-electron chi connectivity index (χ1n) is 10.4. The number of carbonyl (C=O) groups excluding carboxylic acids is 1. The summed E-state index contributed by atoms with van der Waals surface area (Å²) in [5.74, 6) is 0.459. The number of fused-ring (bicyclic) bond motifs is 1. The van der Waals surface area contributed by atoms with Crippen LogP contribution in [-0.2, 0) is 7.05 Å². The number of piperidine rings is 1. The highest BCUT2D eigenvalue weighted by Gasteiger charge is 2.26. The first-order valence-corrected chi connectivity index (χ1v) is 10.4. The Morgan fingerprint density at radius 1 is 0.967 bits per heavy atom. The van der Waals surface area contributed by atoms with Crippen molar-refractivity contribution in [2.24, 2.45) is 7.05 Å². The van der Waals surface area contributed by atoms with Gasteiger partial charge in [0.25, 0.3) is 5.91 Å². The molecule has 1 saturated heterocycles. The Morgan fingerprint density at radius 3 is 2.33 bits per heavy atom. The molecule has 0 saturated carbocycles. The van der Waals surface area contributed by atoms with Crippen LogP contribution in [0.15, 0.2) is 73.1 Å². The molecule has 1 aliphatic rings. The fourth-order valence-electron chi connectivity index (χ4n) is 4.29. The highest BCUT2D eigenvalue weighted by molar-refractivity contribution is 5.94. The van der Waals surface area contributed by atoms with Gasteiger partial charge in [-0.3, -0.25) is 9.78 Å². The molecule has 1 amide bonds. The zero-order valence-electron chi connectivity index (χ0n) is 17.0. The summed E-state index contributed by atoms with van der Waals surface area (Å²) in [6.07, 6.45) is 3.69. The predicted octanol–water partition coefficient (Wildman–Crippen LogP) is 4.66. The molecule has 150 valence electrons. The van der Waals surface area contributed by atoms with Gasteiger partial charge in [-0.1, -0.05) is 48.5 Å². The number of likely N-dealkylation sites (tertiary alicyclic amines) is 1. The molecule has 5 heteroatoms. The second kappa shape index (κ2) is 7.75. The minimum absolute atomic E-state index is 0.120. The topological polar surface area (TPSA) is 51.0 Å². The SMILES string of the molecule is Cn1cnc2c(-c3ccccc3)nc(C3CCN(C(=O)c4ccccc4)CC3)cc21. The number of rotatable bonds is 3. The van der Waals surface area contributed by atoms with Gasteiger partial charge in [-0.05, 0) is 31.0 Å². The number of pyridine rings is 1. The molecular formula is C25H24N4O. The third kappa shape index (κ3) is 3.36. The molecule has 0 atom stereocenters. The summed E-state index contributed by atoms with van der Waals surface area (Å²) in [5.41, 5.74) is 5.91. The van der Waals surface area contributed by atoms with E-state index in [2.05, 4.69) is 27.8 Å². The van der Waals surface area contributed by atoms with Crippen LogP contribution in [0.2, 0.25) is 0 Å². The van der Waals surface area contributed by atoms with E-state index in [1.165, 1.54) is 0 Å². The molecule has 30 heavy (non-hydrogen) atoms. The smallest absolute Gasteiger partial charge is 0.253 e. The minimum Gasteiger partial charge on any atom is -0.339 e. The number of nitrogens with zero attached hydrogens (tertiary/aromatic N) is 4. The maximum absolute atomic E-state index is 12.8. The van der Waals surface area contributed by atoms with Crippen molar-refractivity contribution in [2.75, 3.05) is 13.1 Å². The van der Waals surface area contributed by atoms with E-state index in [4.69, 9.17) is 4.98 Å². The quantitative estimate of drug-likeness (QED) is 0.506. The third-order valence-corrected chi connectivity index (χ3v) is 6.00. The highest BCUT2D eigenvalue weighted by Crippen LogP contribution is 2.33.